The average Bonchev–Trinajstić information content (AvgIpc) is 3.24. The molecule has 0 saturated carbocycles. The van der Waals surface area contributed by atoms with Gasteiger partial charge in [-0.15, -0.1) is 11.3 Å². The molecule has 0 fully saturated rings. The predicted molar refractivity (Wildman–Crippen MR) is 133 cm³/mol. The van der Waals surface area contributed by atoms with Crippen LogP contribution in [0.1, 0.15) is 45.4 Å². The van der Waals surface area contributed by atoms with Crippen molar-refractivity contribution in [3.05, 3.63) is 69.4 Å². The van der Waals surface area contributed by atoms with Crippen molar-refractivity contribution in [2.24, 2.45) is 0 Å². The maximum absolute atomic E-state index is 12.9. The van der Waals surface area contributed by atoms with Gasteiger partial charge in [-0.1, -0.05) is 26.0 Å². The van der Waals surface area contributed by atoms with Crippen LogP contribution in [-0.2, 0) is 13.0 Å². The summed E-state index contributed by atoms with van der Waals surface area (Å²) in [6, 6.07) is 13.0. The monoisotopic (exact) mass is 500 g/mol. The first-order chi connectivity index (χ1) is 16.7. The number of carbonyl (C=O) groups excluding carboxylic acids is 2. The van der Waals surface area contributed by atoms with E-state index in [1.165, 1.54) is 29.5 Å². The molecule has 0 saturated heterocycles. The number of hydrogen-bond acceptors (Lipinski definition) is 5. The molecule has 4 N–H and O–H groups in total. The molecule has 1 aliphatic rings. The van der Waals surface area contributed by atoms with Crippen LogP contribution in [0.5, 0.6) is 5.75 Å². The van der Waals surface area contributed by atoms with Gasteiger partial charge >= 0.3 is 12.6 Å². The van der Waals surface area contributed by atoms with Gasteiger partial charge in [0.1, 0.15) is 5.75 Å². The molecule has 2 aromatic carbocycles. The molecule has 3 aromatic rings. The first-order valence-electron chi connectivity index (χ1n) is 11.1. The lowest BCUT2D eigenvalue weighted by Crippen LogP contribution is -2.38. The van der Waals surface area contributed by atoms with Crippen molar-refractivity contribution in [2.45, 2.75) is 39.3 Å². The lowest BCUT2D eigenvalue weighted by molar-refractivity contribution is -0.0498. The number of amides is 3. The lowest BCUT2D eigenvalue weighted by Gasteiger charge is -2.27. The molecule has 184 valence electrons. The fraction of sp³-hybridized carbons (Fsp3) is 0.280. The van der Waals surface area contributed by atoms with Crippen LogP contribution in [0.4, 0.5) is 30.6 Å². The smallest absolute Gasteiger partial charge is 0.387 e. The number of nitrogens with one attached hydrogen (secondary N) is 2. The van der Waals surface area contributed by atoms with E-state index < -0.39 is 6.61 Å². The van der Waals surface area contributed by atoms with Crippen molar-refractivity contribution in [1.29, 1.82) is 0 Å². The Morgan fingerprint density at radius 2 is 1.91 bits per heavy atom. The van der Waals surface area contributed by atoms with Crippen LogP contribution in [-0.4, -0.2) is 30.0 Å². The fourth-order valence-corrected chi connectivity index (χ4v) is 4.91. The van der Waals surface area contributed by atoms with Crippen LogP contribution in [0.15, 0.2) is 48.5 Å². The maximum atomic E-state index is 12.9. The SMILES string of the molecule is CC(C)c1ccc(N)c(NC(=O)c2cc3c(s2)CN(C(=O)Nc2cccc(OC(F)F)c2)CC3)c1. The summed E-state index contributed by atoms with van der Waals surface area (Å²) in [6.45, 7) is 2.01. The minimum atomic E-state index is -2.94. The second kappa shape index (κ2) is 10.3. The zero-order valence-electron chi connectivity index (χ0n) is 19.3. The Bertz CT molecular complexity index is 1250. The van der Waals surface area contributed by atoms with E-state index in [0.717, 1.165) is 16.0 Å². The number of halogens is 2. The van der Waals surface area contributed by atoms with E-state index in [0.29, 0.717) is 47.4 Å². The van der Waals surface area contributed by atoms with Gasteiger partial charge in [-0.3, -0.25) is 4.79 Å². The molecule has 0 atom stereocenters. The number of hydrogen-bond donors (Lipinski definition) is 3. The molecule has 0 radical (unpaired) electrons. The Labute approximate surface area is 205 Å². The molecule has 0 bridgehead atoms. The summed E-state index contributed by atoms with van der Waals surface area (Å²) in [4.78, 5) is 28.8. The average molecular weight is 501 g/mol. The number of rotatable bonds is 6. The Morgan fingerprint density at radius 3 is 2.66 bits per heavy atom. The van der Waals surface area contributed by atoms with E-state index in [4.69, 9.17) is 5.73 Å². The fourth-order valence-electron chi connectivity index (χ4n) is 3.78. The highest BCUT2D eigenvalue weighted by Gasteiger charge is 2.25. The van der Waals surface area contributed by atoms with Crippen molar-refractivity contribution in [1.82, 2.24) is 4.90 Å². The number of benzene rings is 2. The lowest BCUT2D eigenvalue weighted by atomic mass is 10.0. The van der Waals surface area contributed by atoms with Crippen LogP contribution in [0.3, 0.4) is 0 Å². The van der Waals surface area contributed by atoms with E-state index >= 15 is 0 Å². The third kappa shape index (κ3) is 5.89. The van der Waals surface area contributed by atoms with Gasteiger partial charge < -0.3 is 26.0 Å². The van der Waals surface area contributed by atoms with Crippen LogP contribution in [0.25, 0.3) is 0 Å². The summed E-state index contributed by atoms with van der Waals surface area (Å²) in [5.41, 5.74) is 9.58. The summed E-state index contributed by atoms with van der Waals surface area (Å²) >= 11 is 1.34. The highest BCUT2D eigenvalue weighted by Crippen LogP contribution is 2.31. The molecule has 1 aromatic heterocycles. The van der Waals surface area contributed by atoms with E-state index in [-0.39, 0.29) is 17.7 Å². The zero-order valence-corrected chi connectivity index (χ0v) is 20.1. The normalized spacial score (nSPS) is 13.0. The molecule has 10 heteroatoms. The van der Waals surface area contributed by atoms with Crippen molar-refractivity contribution in [3.63, 3.8) is 0 Å². The number of thiophene rings is 1. The molecule has 7 nitrogen and oxygen atoms in total. The molecule has 0 spiro atoms. The van der Waals surface area contributed by atoms with Crippen LogP contribution in [0, 0.1) is 0 Å². The van der Waals surface area contributed by atoms with Gasteiger partial charge in [0.15, 0.2) is 0 Å². The molecule has 4 rings (SSSR count). The Balaban J connectivity index is 1.42. The van der Waals surface area contributed by atoms with Crippen molar-refractivity contribution < 1.29 is 23.1 Å². The highest BCUT2D eigenvalue weighted by molar-refractivity contribution is 7.14. The quantitative estimate of drug-likeness (QED) is 0.367. The van der Waals surface area contributed by atoms with Crippen molar-refractivity contribution in [2.75, 3.05) is 22.9 Å². The summed E-state index contributed by atoms with van der Waals surface area (Å²) < 4.78 is 29.3. The van der Waals surface area contributed by atoms with Gasteiger partial charge in [0.05, 0.1) is 22.8 Å². The molecular formula is C25H26F2N4O3S. The summed E-state index contributed by atoms with van der Waals surface area (Å²) in [7, 11) is 0. The van der Waals surface area contributed by atoms with Crippen LogP contribution in [0.2, 0.25) is 0 Å². The maximum Gasteiger partial charge on any atom is 0.387 e. The predicted octanol–water partition coefficient (Wildman–Crippen LogP) is 5.90. The Hall–Kier alpha value is -3.66. The van der Waals surface area contributed by atoms with Crippen LogP contribution < -0.4 is 21.1 Å². The van der Waals surface area contributed by atoms with E-state index in [1.807, 2.05) is 18.2 Å². The van der Waals surface area contributed by atoms with Gasteiger partial charge in [0.25, 0.3) is 5.91 Å². The summed E-state index contributed by atoms with van der Waals surface area (Å²) in [5.74, 6) is 0.0211. The second-order valence-corrected chi connectivity index (χ2v) is 9.66. The summed E-state index contributed by atoms with van der Waals surface area (Å²) in [5, 5.41) is 5.62. The third-order valence-corrected chi connectivity index (χ3v) is 6.86. The van der Waals surface area contributed by atoms with Crippen LogP contribution >= 0.6 is 11.3 Å². The number of ether oxygens (including phenoxy) is 1. The minimum absolute atomic E-state index is 0.0350. The number of urea groups is 1. The van der Waals surface area contributed by atoms with E-state index in [9.17, 15) is 18.4 Å². The largest absolute Gasteiger partial charge is 0.435 e. The number of anilines is 3. The molecule has 35 heavy (non-hydrogen) atoms. The van der Waals surface area contributed by atoms with Gasteiger partial charge in [-0.2, -0.15) is 8.78 Å². The third-order valence-electron chi connectivity index (χ3n) is 5.70. The number of carbonyl (C=O) groups is 2. The first-order valence-corrected chi connectivity index (χ1v) is 11.9. The zero-order chi connectivity index (χ0) is 25.1. The highest BCUT2D eigenvalue weighted by atomic mass is 32.1. The Kier molecular flexibility index (Phi) is 7.20. The number of alkyl halides is 2. The summed E-state index contributed by atoms with van der Waals surface area (Å²) in [6.07, 6.45) is 0.603. The number of nitrogens with zero attached hydrogens (tertiary/aromatic N) is 1. The van der Waals surface area contributed by atoms with Gasteiger partial charge in [0.2, 0.25) is 0 Å². The molecule has 3 amide bonds. The van der Waals surface area contributed by atoms with Gasteiger partial charge in [-0.05, 0) is 53.8 Å². The molecule has 1 aliphatic heterocycles. The second-order valence-electron chi connectivity index (χ2n) is 8.52. The van der Waals surface area contributed by atoms with E-state index in [1.54, 1.807) is 17.0 Å². The van der Waals surface area contributed by atoms with Crippen molar-refractivity contribution >= 4 is 40.3 Å². The molecule has 0 aliphatic carbocycles. The Morgan fingerprint density at radius 1 is 1.11 bits per heavy atom. The first kappa shape index (κ1) is 24.5. The minimum Gasteiger partial charge on any atom is -0.435 e. The number of nitrogens with two attached hydrogens (primary N) is 1. The number of nitrogen functional groups attached to an aromatic ring is 1. The molecular weight excluding hydrogens is 474 g/mol. The molecule has 2 heterocycles. The number of fused-ring (bicyclic) bond motifs is 1. The van der Waals surface area contributed by atoms with E-state index in [2.05, 4.69) is 29.2 Å². The van der Waals surface area contributed by atoms with Gasteiger partial charge in [-0.25, -0.2) is 4.79 Å². The topological polar surface area (TPSA) is 96.7 Å². The standard InChI is InChI=1S/C25H26F2N4O3S/c1-14(2)15-6-7-19(28)20(10-15)30-23(32)21-11-16-8-9-31(13-22(16)35-21)25(33)29-17-4-3-5-18(12-17)34-24(26)27/h3-7,10-12,14,24H,8-9,13,28H2,1-2H3,(H,29,33)(H,30,32). The molecule has 0 unspecified atom stereocenters. The van der Waals surface area contributed by atoms with Gasteiger partial charge in [0, 0.05) is 23.2 Å². The van der Waals surface area contributed by atoms with Crippen molar-refractivity contribution in [3.8, 4) is 5.75 Å².